The molecule has 0 fully saturated rings. The fourth-order valence-electron chi connectivity index (χ4n) is 1.97. The molecule has 0 aliphatic heterocycles. The smallest absolute Gasteiger partial charge is 0.269 e. The third kappa shape index (κ3) is 4.81. The lowest BCUT2D eigenvalue weighted by atomic mass is 9.97. The molecule has 0 aromatic heterocycles. The molecule has 22 heavy (non-hydrogen) atoms. The van der Waals surface area contributed by atoms with E-state index >= 15 is 0 Å². The Hall–Kier alpha value is -2.48. The van der Waals surface area contributed by atoms with E-state index in [1.165, 1.54) is 18.2 Å². The van der Waals surface area contributed by atoms with E-state index in [4.69, 9.17) is 5.73 Å². The van der Waals surface area contributed by atoms with Gasteiger partial charge in [0, 0.05) is 25.2 Å². The Kier molecular flexibility index (Phi) is 6.46. The van der Waals surface area contributed by atoms with Gasteiger partial charge >= 0.3 is 0 Å². The number of hydrazine groups is 1. The summed E-state index contributed by atoms with van der Waals surface area (Å²) in [5.41, 5.74) is 8.32. The van der Waals surface area contributed by atoms with Gasteiger partial charge in [0.1, 0.15) is 5.92 Å². The summed E-state index contributed by atoms with van der Waals surface area (Å²) in [4.78, 5) is 33.9. The molecule has 3 N–H and O–H groups in total. The highest BCUT2D eigenvalue weighted by molar-refractivity contribution is 5.99. The summed E-state index contributed by atoms with van der Waals surface area (Å²) < 4.78 is 0. The zero-order chi connectivity index (χ0) is 16.7. The van der Waals surface area contributed by atoms with Crippen LogP contribution in [0.25, 0.3) is 0 Å². The van der Waals surface area contributed by atoms with Crippen LogP contribution in [-0.2, 0) is 16.0 Å². The second-order valence-corrected chi connectivity index (χ2v) is 4.73. The van der Waals surface area contributed by atoms with Crippen molar-refractivity contribution in [3.8, 4) is 0 Å². The maximum atomic E-state index is 12.1. The lowest BCUT2D eigenvalue weighted by molar-refractivity contribution is -0.384. The zero-order valence-electron chi connectivity index (χ0n) is 12.6. The van der Waals surface area contributed by atoms with Crippen molar-refractivity contribution in [2.24, 2.45) is 11.7 Å². The van der Waals surface area contributed by atoms with E-state index in [-0.39, 0.29) is 12.1 Å². The molecule has 1 aromatic carbocycles. The van der Waals surface area contributed by atoms with Gasteiger partial charge in [-0.15, -0.1) is 0 Å². The van der Waals surface area contributed by atoms with Gasteiger partial charge in [-0.1, -0.05) is 26.0 Å². The van der Waals surface area contributed by atoms with Gasteiger partial charge in [0.15, 0.2) is 0 Å². The van der Waals surface area contributed by atoms with Crippen LogP contribution < -0.4 is 11.2 Å². The van der Waals surface area contributed by atoms with Crippen molar-refractivity contribution in [3.63, 3.8) is 0 Å². The summed E-state index contributed by atoms with van der Waals surface area (Å²) in [7, 11) is 0. The van der Waals surface area contributed by atoms with Crippen molar-refractivity contribution in [2.45, 2.75) is 20.3 Å². The van der Waals surface area contributed by atoms with Crippen LogP contribution in [0.4, 0.5) is 5.69 Å². The molecule has 1 rings (SSSR count). The molecule has 8 heteroatoms. The van der Waals surface area contributed by atoms with Crippen molar-refractivity contribution >= 4 is 17.5 Å². The molecule has 1 aromatic rings. The van der Waals surface area contributed by atoms with E-state index < -0.39 is 22.7 Å². The molecule has 0 bridgehead atoms. The number of nitrogens with one attached hydrogen (secondary N) is 1. The van der Waals surface area contributed by atoms with Crippen LogP contribution in [0.1, 0.15) is 19.4 Å². The fraction of sp³-hybridized carbons (Fsp3) is 0.429. The van der Waals surface area contributed by atoms with E-state index in [0.717, 1.165) is 0 Å². The summed E-state index contributed by atoms with van der Waals surface area (Å²) in [5, 5.41) is 12.4. The number of hydrogen-bond acceptors (Lipinski definition) is 5. The molecule has 0 saturated heterocycles. The number of primary amides is 1. The predicted octanol–water partition coefficient (Wildman–Crippen LogP) is 0.612. The first-order chi connectivity index (χ1) is 10.4. The lowest BCUT2D eigenvalue weighted by Crippen LogP contribution is -2.48. The minimum atomic E-state index is -1.08. The normalized spacial score (nSPS) is 12.0. The summed E-state index contributed by atoms with van der Waals surface area (Å²) in [6.45, 7) is 4.91. The highest BCUT2D eigenvalue weighted by atomic mass is 16.6. The van der Waals surface area contributed by atoms with Gasteiger partial charge in [0.2, 0.25) is 11.8 Å². The maximum Gasteiger partial charge on any atom is 0.269 e. The van der Waals surface area contributed by atoms with Gasteiger partial charge in [0.25, 0.3) is 5.69 Å². The van der Waals surface area contributed by atoms with E-state index in [2.05, 4.69) is 5.43 Å². The molecule has 0 aliphatic carbocycles. The van der Waals surface area contributed by atoms with Crippen molar-refractivity contribution in [3.05, 3.63) is 39.9 Å². The number of non-ortho nitro benzene ring substituents is 1. The highest BCUT2D eigenvalue weighted by Gasteiger charge is 2.26. The number of benzene rings is 1. The minimum Gasteiger partial charge on any atom is -0.369 e. The Morgan fingerprint density at radius 1 is 1.36 bits per heavy atom. The number of nitro benzene ring substituents is 1. The number of nitro groups is 1. The number of carbonyl (C=O) groups excluding carboxylic acids is 2. The van der Waals surface area contributed by atoms with Crippen LogP contribution in [0.2, 0.25) is 0 Å². The van der Waals surface area contributed by atoms with Gasteiger partial charge in [-0.2, -0.15) is 0 Å². The minimum absolute atomic E-state index is 0.0180. The van der Waals surface area contributed by atoms with Crippen molar-refractivity contribution in [2.75, 3.05) is 13.1 Å². The second kappa shape index (κ2) is 8.08. The molecule has 0 radical (unpaired) electrons. The molecule has 2 amide bonds. The fourth-order valence-corrected chi connectivity index (χ4v) is 1.97. The number of nitrogens with two attached hydrogens (primary N) is 1. The molecule has 1 unspecified atom stereocenters. The van der Waals surface area contributed by atoms with Crippen LogP contribution in [0.5, 0.6) is 0 Å². The SMILES string of the molecule is CCN(CC)NC(=O)C(Cc1cccc([N+](=O)[O-])c1)C(N)=O. The summed E-state index contributed by atoms with van der Waals surface area (Å²) in [6, 6.07) is 5.81. The Morgan fingerprint density at radius 2 is 2.00 bits per heavy atom. The summed E-state index contributed by atoms with van der Waals surface area (Å²) in [5.74, 6) is -2.36. The van der Waals surface area contributed by atoms with Gasteiger partial charge in [0.05, 0.1) is 4.92 Å². The Labute approximate surface area is 128 Å². The molecular formula is C14H20N4O4. The van der Waals surface area contributed by atoms with E-state index in [9.17, 15) is 19.7 Å². The van der Waals surface area contributed by atoms with E-state index in [0.29, 0.717) is 18.7 Å². The molecule has 0 aliphatic rings. The van der Waals surface area contributed by atoms with Crippen LogP contribution in [0.15, 0.2) is 24.3 Å². The van der Waals surface area contributed by atoms with E-state index in [1.54, 1.807) is 11.1 Å². The first-order valence-corrected chi connectivity index (χ1v) is 6.97. The molecule has 0 heterocycles. The molecular weight excluding hydrogens is 288 g/mol. The van der Waals surface area contributed by atoms with Crippen LogP contribution in [0.3, 0.4) is 0 Å². The number of nitrogens with zero attached hydrogens (tertiary/aromatic N) is 2. The van der Waals surface area contributed by atoms with Crippen molar-refractivity contribution < 1.29 is 14.5 Å². The number of rotatable bonds is 8. The monoisotopic (exact) mass is 308 g/mol. The summed E-state index contributed by atoms with van der Waals surface area (Å²) >= 11 is 0. The molecule has 0 spiro atoms. The number of amides is 2. The third-order valence-corrected chi connectivity index (χ3v) is 3.25. The molecule has 120 valence electrons. The maximum absolute atomic E-state index is 12.1. The standard InChI is InChI=1S/C14H20N4O4/c1-3-17(4-2)16-14(20)12(13(15)19)9-10-6-5-7-11(8-10)18(21)22/h5-8,12H,3-4,9H2,1-2H3,(H2,15,19)(H,16,20). The van der Waals surface area contributed by atoms with Crippen molar-refractivity contribution in [1.82, 2.24) is 10.4 Å². The Morgan fingerprint density at radius 3 is 2.50 bits per heavy atom. The second-order valence-electron chi connectivity index (χ2n) is 4.73. The topological polar surface area (TPSA) is 119 Å². The van der Waals surface area contributed by atoms with Gasteiger partial charge in [-0.25, -0.2) is 5.01 Å². The van der Waals surface area contributed by atoms with Crippen molar-refractivity contribution in [1.29, 1.82) is 0 Å². The van der Waals surface area contributed by atoms with Crippen LogP contribution in [0, 0.1) is 16.0 Å². The summed E-state index contributed by atoms with van der Waals surface area (Å²) in [6.07, 6.45) is 0.0180. The third-order valence-electron chi connectivity index (χ3n) is 3.25. The van der Waals surface area contributed by atoms with Crippen LogP contribution >= 0.6 is 0 Å². The first kappa shape index (κ1) is 17.6. The number of hydrogen-bond donors (Lipinski definition) is 2. The van der Waals surface area contributed by atoms with Gasteiger partial charge in [-0.3, -0.25) is 25.1 Å². The Bertz CT molecular complexity index is 558. The molecule has 1 atom stereocenters. The highest BCUT2D eigenvalue weighted by Crippen LogP contribution is 2.16. The van der Waals surface area contributed by atoms with E-state index in [1.807, 2.05) is 13.8 Å². The van der Waals surface area contributed by atoms with Gasteiger partial charge in [-0.05, 0) is 12.0 Å². The Balaban J connectivity index is 2.88. The lowest BCUT2D eigenvalue weighted by Gasteiger charge is -2.22. The number of carbonyl (C=O) groups is 2. The molecule has 8 nitrogen and oxygen atoms in total. The predicted molar refractivity (Wildman–Crippen MR) is 80.5 cm³/mol. The average Bonchev–Trinajstić information content (AvgIpc) is 2.49. The quantitative estimate of drug-likeness (QED) is 0.414. The zero-order valence-corrected chi connectivity index (χ0v) is 12.6. The average molecular weight is 308 g/mol. The van der Waals surface area contributed by atoms with Crippen LogP contribution in [-0.4, -0.2) is 34.8 Å². The largest absolute Gasteiger partial charge is 0.369 e. The first-order valence-electron chi connectivity index (χ1n) is 6.97. The molecule has 0 saturated carbocycles. The van der Waals surface area contributed by atoms with Gasteiger partial charge < -0.3 is 5.73 Å².